The number of benzene rings is 1. The lowest BCUT2D eigenvalue weighted by molar-refractivity contribution is -0.142. The Morgan fingerprint density at radius 2 is 1.89 bits per heavy atom. The minimum absolute atomic E-state index is 0.258. The van der Waals surface area contributed by atoms with Crippen molar-refractivity contribution in [2.45, 2.75) is 0 Å². The molecule has 1 aromatic heterocycles. The number of carbonyl (C=O) groups is 3. The van der Waals surface area contributed by atoms with Crippen LogP contribution in [0, 0.1) is 0 Å². The quantitative estimate of drug-likeness (QED) is 0.532. The first kappa shape index (κ1) is 21.0. The summed E-state index contributed by atoms with van der Waals surface area (Å²) in [5, 5.41) is 4.14. The van der Waals surface area contributed by atoms with Gasteiger partial charge in [0.1, 0.15) is 16.4 Å². The van der Waals surface area contributed by atoms with Gasteiger partial charge in [0, 0.05) is 17.7 Å². The monoisotopic (exact) mass is 405 g/mol. The number of rotatable bonds is 8. The molecule has 0 atom stereocenters. The van der Waals surface area contributed by atoms with Crippen molar-refractivity contribution >= 4 is 40.9 Å². The third-order valence-electron chi connectivity index (χ3n) is 3.50. The molecule has 0 bridgehead atoms. The van der Waals surface area contributed by atoms with E-state index in [0.29, 0.717) is 22.7 Å². The third-order valence-corrected chi connectivity index (χ3v) is 4.39. The highest BCUT2D eigenvalue weighted by atomic mass is 32.1. The average Bonchev–Trinajstić information content (AvgIpc) is 3.17. The van der Waals surface area contributed by atoms with Crippen molar-refractivity contribution in [3.63, 3.8) is 0 Å². The Labute approximate surface area is 165 Å². The summed E-state index contributed by atoms with van der Waals surface area (Å²) in [6, 6.07) is 6.69. The zero-order valence-corrected chi connectivity index (χ0v) is 16.3. The Morgan fingerprint density at radius 1 is 1.11 bits per heavy atom. The first-order valence-electron chi connectivity index (χ1n) is 8.01. The molecule has 0 aliphatic rings. The number of hydrogen-bond donors (Lipinski definition) is 1. The van der Waals surface area contributed by atoms with Gasteiger partial charge in [-0.05, 0) is 29.7 Å². The Morgan fingerprint density at radius 3 is 2.57 bits per heavy atom. The SMILES string of the molecule is COC(=O)c1sccc1NC(=O)COC(=O)/C=C/c1ccc(OC)cc1OC. The van der Waals surface area contributed by atoms with Crippen molar-refractivity contribution in [2.24, 2.45) is 0 Å². The molecule has 2 aromatic rings. The fourth-order valence-electron chi connectivity index (χ4n) is 2.14. The van der Waals surface area contributed by atoms with Crippen LogP contribution in [-0.2, 0) is 19.1 Å². The second-order valence-corrected chi connectivity index (χ2v) is 6.17. The van der Waals surface area contributed by atoms with Crippen LogP contribution in [0.15, 0.2) is 35.7 Å². The van der Waals surface area contributed by atoms with Gasteiger partial charge >= 0.3 is 11.9 Å². The van der Waals surface area contributed by atoms with E-state index in [-0.39, 0.29) is 4.88 Å². The molecular formula is C19H19NO7S. The van der Waals surface area contributed by atoms with Crippen molar-refractivity contribution in [3.05, 3.63) is 46.2 Å². The normalized spacial score (nSPS) is 10.4. The first-order valence-corrected chi connectivity index (χ1v) is 8.89. The van der Waals surface area contributed by atoms with E-state index in [1.165, 1.54) is 33.5 Å². The number of amides is 1. The Balaban J connectivity index is 1.90. The number of esters is 2. The number of methoxy groups -OCH3 is 3. The molecule has 0 unspecified atom stereocenters. The van der Waals surface area contributed by atoms with Crippen LogP contribution in [0.4, 0.5) is 5.69 Å². The molecule has 1 aromatic carbocycles. The average molecular weight is 405 g/mol. The van der Waals surface area contributed by atoms with Gasteiger partial charge in [0.25, 0.3) is 5.91 Å². The van der Waals surface area contributed by atoms with Crippen LogP contribution in [0.3, 0.4) is 0 Å². The van der Waals surface area contributed by atoms with E-state index in [0.717, 1.165) is 11.3 Å². The van der Waals surface area contributed by atoms with Crippen LogP contribution in [-0.4, -0.2) is 45.8 Å². The Bertz CT molecular complexity index is 888. The van der Waals surface area contributed by atoms with E-state index in [9.17, 15) is 14.4 Å². The minimum atomic E-state index is -0.702. The standard InChI is InChI=1S/C19H19NO7S/c1-24-13-6-4-12(15(10-13)25-2)5-7-17(22)27-11-16(21)20-14-8-9-28-18(14)19(23)26-3/h4-10H,11H2,1-3H3,(H,20,21)/b7-5+. The van der Waals surface area contributed by atoms with E-state index < -0.39 is 24.5 Å². The van der Waals surface area contributed by atoms with Crippen LogP contribution >= 0.6 is 11.3 Å². The molecule has 0 aliphatic heterocycles. The molecule has 0 aliphatic carbocycles. The van der Waals surface area contributed by atoms with Gasteiger partial charge in [-0.2, -0.15) is 0 Å². The molecule has 0 radical (unpaired) electrons. The minimum Gasteiger partial charge on any atom is -0.497 e. The summed E-state index contributed by atoms with van der Waals surface area (Å²) in [6.07, 6.45) is 2.69. The maximum Gasteiger partial charge on any atom is 0.350 e. The second kappa shape index (κ2) is 10.1. The van der Waals surface area contributed by atoms with E-state index in [4.69, 9.17) is 14.2 Å². The van der Waals surface area contributed by atoms with Crippen LogP contribution in [0.25, 0.3) is 6.08 Å². The van der Waals surface area contributed by atoms with Crippen LogP contribution in [0.5, 0.6) is 11.5 Å². The van der Waals surface area contributed by atoms with Gasteiger partial charge in [-0.1, -0.05) is 0 Å². The largest absolute Gasteiger partial charge is 0.497 e. The number of ether oxygens (including phenoxy) is 4. The molecular weight excluding hydrogens is 386 g/mol. The van der Waals surface area contributed by atoms with Gasteiger partial charge in [-0.25, -0.2) is 9.59 Å². The number of hydrogen-bond acceptors (Lipinski definition) is 8. The van der Waals surface area contributed by atoms with Crippen molar-refractivity contribution in [2.75, 3.05) is 33.3 Å². The summed E-state index contributed by atoms with van der Waals surface area (Å²) in [5.74, 6) is -0.695. The van der Waals surface area contributed by atoms with Gasteiger partial charge in [-0.3, -0.25) is 4.79 Å². The molecule has 0 spiro atoms. The van der Waals surface area contributed by atoms with Crippen LogP contribution < -0.4 is 14.8 Å². The lowest BCUT2D eigenvalue weighted by Gasteiger charge is -2.07. The molecule has 148 valence electrons. The molecule has 9 heteroatoms. The van der Waals surface area contributed by atoms with E-state index in [2.05, 4.69) is 10.1 Å². The number of nitrogens with one attached hydrogen (secondary N) is 1. The van der Waals surface area contributed by atoms with Crippen molar-refractivity contribution in [1.82, 2.24) is 0 Å². The second-order valence-electron chi connectivity index (χ2n) is 5.25. The lowest BCUT2D eigenvalue weighted by Crippen LogP contribution is -2.21. The molecule has 1 heterocycles. The highest BCUT2D eigenvalue weighted by Crippen LogP contribution is 2.25. The van der Waals surface area contributed by atoms with E-state index in [1.807, 2.05) is 0 Å². The van der Waals surface area contributed by atoms with Crippen molar-refractivity contribution < 1.29 is 33.3 Å². The predicted octanol–water partition coefficient (Wildman–Crippen LogP) is 2.75. The highest BCUT2D eigenvalue weighted by Gasteiger charge is 2.16. The van der Waals surface area contributed by atoms with Gasteiger partial charge < -0.3 is 24.3 Å². The lowest BCUT2D eigenvalue weighted by atomic mass is 10.2. The molecule has 2 rings (SSSR count). The fourth-order valence-corrected chi connectivity index (χ4v) is 2.91. The first-order chi connectivity index (χ1) is 13.5. The zero-order chi connectivity index (χ0) is 20.5. The summed E-state index contributed by atoms with van der Waals surface area (Å²) in [7, 11) is 4.29. The third kappa shape index (κ3) is 5.58. The Kier molecular flexibility index (Phi) is 7.58. The number of thiophene rings is 1. The number of carbonyl (C=O) groups excluding carboxylic acids is 3. The Hall–Kier alpha value is -3.33. The van der Waals surface area contributed by atoms with Gasteiger partial charge in [0.15, 0.2) is 6.61 Å². The highest BCUT2D eigenvalue weighted by molar-refractivity contribution is 7.12. The molecule has 8 nitrogen and oxygen atoms in total. The predicted molar refractivity (Wildman–Crippen MR) is 104 cm³/mol. The summed E-state index contributed by atoms with van der Waals surface area (Å²) in [4.78, 5) is 35.6. The van der Waals surface area contributed by atoms with Gasteiger partial charge in [-0.15, -0.1) is 11.3 Å². The maximum atomic E-state index is 11.9. The van der Waals surface area contributed by atoms with Gasteiger partial charge in [0.05, 0.1) is 27.0 Å². The molecule has 1 N–H and O–H groups in total. The molecule has 0 saturated carbocycles. The zero-order valence-electron chi connectivity index (χ0n) is 15.5. The van der Waals surface area contributed by atoms with E-state index in [1.54, 1.807) is 29.6 Å². The van der Waals surface area contributed by atoms with Crippen LogP contribution in [0.2, 0.25) is 0 Å². The molecule has 0 saturated heterocycles. The number of anilines is 1. The smallest absolute Gasteiger partial charge is 0.350 e. The maximum absolute atomic E-state index is 11.9. The van der Waals surface area contributed by atoms with Crippen LogP contribution in [0.1, 0.15) is 15.2 Å². The molecule has 0 fully saturated rings. The topological polar surface area (TPSA) is 100 Å². The summed E-state index contributed by atoms with van der Waals surface area (Å²) < 4.78 is 19.9. The molecule has 1 amide bonds. The summed E-state index contributed by atoms with van der Waals surface area (Å²) in [6.45, 7) is -0.501. The van der Waals surface area contributed by atoms with Gasteiger partial charge in [0.2, 0.25) is 0 Å². The summed E-state index contributed by atoms with van der Waals surface area (Å²) in [5.41, 5.74) is 0.946. The van der Waals surface area contributed by atoms with Crippen molar-refractivity contribution in [3.8, 4) is 11.5 Å². The fraction of sp³-hybridized carbons (Fsp3) is 0.211. The summed E-state index contributed by atoms with van der Waals surface area (Å²) >= 11 is 1.13. The van der Waals surface area contributed by atoms with E-state index >= 15 is 0 Å². The molecule has 28 heavy (non-hydrogen) atoms. The van der Waals surface area contributed by atoms with Crippen molar-refractivity contribution in [1.29, 1.82) is 0 Å².